The average molecular weight is 518 g/mol. The first-order valence-electron chi connectivity index (χ1n) is 12.5. The third kappa shape index (κ3) is 8.86. The molecule has 2 amide bonds. The highest BCUT2D eigenvalue weighted by molar-refractivity contribution is 7.92. The van der Waals surface area contributed by atoms with Crippen LogP contribution >= 0.6 is 0 Å². The zero-order chi connectivity index (χ0) is 26.6. The van der Waals surface area contributed by atoms with E-state index in [1.54, 1.807) is 36.1 Å². The largest absolute Gasteiger partial charge is 0.492 e. The van der Waals surface area contributed by atoms with Crippen LogP contribution in [0.1, 0.15) is 45.6 Å². The molecule has 0 saturated heterocycles. The number of nitrogens with one attached hydrogen (secondary N) is 1. The first kappa shape index (κ1) is 29.2. The third-order valence-electron chi connectivity index (χ3n) is 5.79. The lowest BCUT2D eigenvalue weighted by Crippen LogP contribution is -2.49. The number of carbonyl (C=O) groups excluding carboxylic acids is 2. The molecule has 8 nitrogen and oxygen atoms in total. The van der Waals surface area contributed by atoms with E-state index in [0.717, 1.165) is 18.2 Å². The van der Waals surface area contributed by atoms with E-state index in [4.69, 9.17) is 4.74 Å². The van der Waals surface area contributed by atoms with Gasteiger partial charge in [0.1, 0.15) is 11.8 Å². The van der Waals surface area contributed by atoms with Gasteiger partial charge in [0.05, 0.1) is 18.6 Å². The Hall–Kier alpha value is -3.07. The number of rotatable bonds is 15. The predicted octanol–water partition coefficient (Wildman–Crippen LogP) is 3.62. The van der Waals surface area contributed by atoms with Gasteiger partial charge < -0.3 is 15.0 Å². The Morgan fingerprint density at radius 2 is 1.67 bits per heavy atom. The number of benzene rings is 2. The lowest BCUT2D eigenvalue weighted by molar-refractivity contribution is -0.139. The van der Waals surface area contributed by atoms with Crippen LogP contribution in [0.15, 0.2) is 54.6 Å². The fourth-order valence-corrected chi connectivity index (χ4v) is 4.86. The molecule has 2 aromatic rings. The zero-order valence-electron chi connectivity index (χ0n) is 21.8. The monoisotopic (exact) mass is 517 g/mol. The number of para-hydroxylation sites is 2. The van der Waals surface area contributed by atoms with Crippen LogP contribution in [0.3, 0.4) is 0 Å². The molecule has 0 aliphatic heterocycles. The summed E-state index contributed by atoms with van der Waals surface area (Å²) >= 11 is 0. The van der Waals surface area contributed by atoms with Crippen molar-refractivity contribution in [2.45, 2.75) is 52.5 Å². The molecule has 2 aromatic carbocycles. The molecule has 0 aliphatic rings. The second-order valence-corrected chi connectivity index (χ2v) is 10.5. The van der Waals surface area contributed by atoms with Crippen molar-refractivity contribution in [1.82, 2.24) is 10.2 Å². The summed E-state index contributed by atoms with van der Waals surface area (Å²) in [5.41, 5.74) is 1.52. The van der Waals surface area contributed by atoms with Crippen molar-refractivity contribution in [3.63, 3.8) is 0 Å². The highest BCUT2D eigenvalue weighted by Gasteiger charge is 2.26. The van der Waals surface area contributed by atoms with E-state index in [0.29, 0.717) is 44.0 Å². The molecule has 0 saturated carbocycles. The summed E-state index contributed by atoms with van der Waals surface area (Å²) in [5, 5.41) is 2.87. The van der Waals surface area contributed by atoms with Crippen LogP contribution in [-0.2, 0) is 26.0 Å². The van der Waals surface area contributed by atoms with Crippen LogP contribution in [0.4, 0.5) is 5.69 Å². The normalized spacial score (nSPS) is 12.0. The van der Waals surface area contributed by atoms with Crippen molar-refractivity contribution in [2.75, 3.05) is 36.8 Å². The molecule has 9 heteroatoms. The van der Waals surface area contributed by atoms with E-state index in [1.807, 2.05) is 44.2 Å². The summed E-state index contributed by atoms with van der Waals surface area (Å²) < 4.78 is 32.0. The van der Waals surface area contributed by atoms with Gasteiger partial charge in [-0.15, -0.1) is 0 Å². The SMILES string of the molecule is CCCNC(=O)[C@@H](C)N(CCc1ccccc1)C(=O)CCCN(c1ccccc1OCC)S(C)(=O)=O. The van der Waals surface area contributed by atoms with Gasteiger partial charge in [0, 0.05) is 26.1 Å². The summed E-state index contributed by atoms with van der Waals surface area (Å²) in [6.45, 7) is 7.01. The summed E-state index contributed by atoms with van der Waals surface area (Å²) in [4.78, 5) is 27.5. The van der Waals surface area contributed by atoms with Crippen LogP contribution in [-0.4, -0.2) is 63.7 Å². The van der Waals surface area contributed by atoms with Crippen LogP contribution in [0.5, 0.6) is 5.75 Å². The van der Waals surface area contributed by atoms with Gasteiger partial charge in [-0.1, -0.05) is 49.4 Å². The molecule has 36 heavy (non-hydrogen) atoms. The van der Waals surface area contributed by atoms with Crippen molar-refractivity contribution in [2.24, 2.45) is 0 Å². The Morgan fingerprint density at radius 3 is 2.31 bits per heavy atom. The fourth-order valence-electron chi connectivity index (χ4n) is 3.89. The van der Waals surface area contributed by atoms with E-state index in [-0.39, 0.29) is 24.8 Å². The second-order valence-electron chi connectivity index (χ2n) is 8.63. The minimum absolute atomic E-state index is 0.114. The molecule has 0 spiro atoms. The minimum Gasteiger partial charge on any atom is -0.492 e. The van der Waals surface area contributed by atoms with E-state index in [2.05, 4.69) is 5.32 Å². The predicted molar refractivity (Wildman–Crippen MR) is 144 cm³/mol. The molecule has 0 unspecified atom stereocenters. The van der Waals surface area contributed by atoms with E-state index in [9.17, 15) is 18.0 Å². The number of anilines is 1. The maximum absolute atomic E-state index is 13.3. The number of ether oxygens (including phenoxy) is 1. The molecule has 198 valence electrons. The quantitative estimate of drug-likeness (QED) is 0.389. The van der Waals surface area contributed by atoms with E-state index in [1.165, 1.54) is 4.31 Å². The number of hydrogen-bond acceptors (Lipinski definition) is 5. The van der Waals surface area contributed by atoms with Crippen LogP contribution < -0.4 is 14.4 Å². The number of carbonyl (C=O) groups is 2. The maximum Gasteiger partial charge on any atom is 0.242 e. The smallest absolute Gasteiger partial charge is 0.242 e. The zero-order valence-corrected chi connectivity index (χ0v) is 22.6. The summed E-state index contributed by atoms with van der Waals surface area (Å²) in [5.74, 6) is 0.0979. The topological polar surface area (TPSA) is 96.0 Å². The number of hydrogen-bond donors (Lipinski definition) is 1. The average Bonchev–Trinajstić information content (AvgIpc) is 2.85. The van der Waals surface area contributed by atoms with Crippen LogP contribution in [0.2, 0.25) is 0 Å². The first-order chi connectivity index (χ1) is 17.2. The highest BCUT2D eigenvalue weighted by atomic mass is 32.2. The van der Waals surface area contributed by atoms with Gasteiger partial charge in [0.25, 0.3) is 0 Å². The number of sulfonamides is 1. The summed E-state index contributed by atoms with van der Waals surface area (Å²) in [7, 11) is -3.60. The van der Waals surface area contributed by atoms with Crippen molar-refractivity contribution in [3.05, 3.63) is 60.2 Å². The first-order valence-corrected chi connectivity index (χ1v) is 14.3. The molecule has 0 radical (unpaired) electrons. The molecule has 0 fully saturated rings. The van der Waals surface area contributed by atoms with Crippen LogP contribution in [0, 0.1) is 0 Å². The van der Waals surface area contributed by atoms with E-state index < -0.39 is 16.1 Å². The van der Waals surface area contributed by atoms with Crippen LogP contribution in [0.25, 0.3) is 0 Å². The Bertz CT molecular complexity index is 1080. The molecule has 0 aliphatic carbocycles. The van der Waals surface area contributed by atoms with E-state index >= 15 is 0 Å². The van der Waals surface area contributed by atoms with Crippen molar-refractivity contribution >= 4 is 27.5 Å². The molecule has 1 N–H and O–H groups in total. The Labute approximate surface area is 215 Å². The molecule has 1 atom stereocenters. The lowest BCUT2D eigenvalue weighted by Gasteiger charge is -2.29. The maximum atomic E-state index is 13.3. The molecular formula is C27H39N3O5S. The van der Waals surface area contributed by atoms with Crippen molar-refractivity contribution in [1.29, 1.82) is 0 Å². The number of amides is 2. The number of nitrogens with zero attached hydrogens (tertiary/aromatic N) is 2. The van der Waals surface area contributed by atoms with Crippen molar-refractivity contribution < 1.29 is 22.7 Å². The third-order valence-corrected chi connectivity index (χ3v) is 6.97. The van der Waals surface area contributed by atoms with Gasteiger partial charge in [-0.2, -0.15) is 0 Å². The molecular weight excluding hydrogens is 478 g/mol. The Morgan fingerprint density at radius 1 is 1.00 bits per heavy atom. The van der Waals surface area contributed by atoms with Gasteiger partial charge in [0.15, 0.2) is 0 Å². The summed E-state index contributed by atoms with van der Waals surface area (Å²) in [6.07, 6.45) is 2.99. The molecule has 0 bridgehead atoms. The molecule has 0 heterocycles. The lowest BCUT2D eigenvalue weighted by atomic mass is 10.1. The minimum atomic E-state index is -3.60. The molecule has 2 rings (SSSR count). The Kier molecular flexibility index (Phi) is 11.7. The second kappa shape index (κ2) is 14.5. The standard InChI is InChI=1S/C27H39N3O5S/c1-5-19-28-27(32)22(3)29(21-18-23-13-8-7-9-14-23)26(31)17-12-20-30(36(4,33)34)24-15-10-11-16-25(24)35-6-2/h7-11,13-16,22H,5-6,12,17-21H2,1-4H3,(H,28,32)/t22-/m1/s1. The van der Waals surface area contributed by atoms with Gasteiger partial charge in [-0.25, -0.2) is 8.42 Å². The summed E-state index contributed by atoms with van der Waals surface area (Å²) in [6, 6.07) is 16.1. The van der Waals surface area contributed by atoms with Gasteiger partial charge in [-0.3, -0.25) is 13.9 Å². The van der Waals surface area contributed by atoms with Crippen molar-refractivity contribution in [3.8, 4) is 5.75 Å². The fraction of sp³-hybridized carbons (Fsp3) is 0.481. The van der Waals surface area contributed by atoms with Gasteiger partial charge in [-0.05, 0) is 50.8 Å². The Balaban J connectivity index is 2.13. The van der Waals surface area contributed by atoms with Gasteiger partial charge in [0.2, 0.25) is 21.8 Å². The highest BCUT2D eigenvalue weighted by Crippen LogP contribution is 2.30. The molecule has 0 aromatic heterocycles. The van der Waals surface area contributed by atoms with Gasteiger partial charge >= 0.3 is 0 Å².